The van der Waals surface area contributed by atoms with Crippen LogP contribution in [0.1, 0.15) is 11.6 Å². The molecule has 0 amide bonds. The molecule has 2 N–H and O–H groups in total. The minimum Gasteiger partial charge on any atom is -0.496 e. The van der Waals surface area contributed by atoms with E-state index in [1.165, 1.54) is 0 Å². The van der Waals surface area contributed by atoms with Gasteiger partial charge in [-0.05, 0) is 12.1 Å². The van der Waals surface area contributed by atoms with Crippen LogP contribution in [0.15, 0.2) is 35.3 Å². The van der Waals surface area contributed by atoms with Gasteiger partial charge in [-0.25, -0.2) is 0 Å². The fourth-order valence-corrected chi connectivity index (χ4v) is 1.43. The number of hydrogen-bond acceptors (Lipinski definition) is 2. The minimum atomic E-state index is -0.178. The quantitative estimate of drug-likeness (QED) is 0.863. The van der Waals surface area contributed by atoms with E-state index in [-0.39, 0.29) is 18.4 Å². The lowest BCUT2D eigenvalue weighted by Gasteiger charge is -2.12. The largest absolute Gasteiger partial charge is 0.496 e. The highest BCUT2D eigenvalue weighted by atomic mass is 79.9. The molecule has 78 valence electrons. The first-order valence-electron chi connectivity index (χ1n) is 3.90. The van der Waals surface area contributed by atoms with Gasteiger partial charge in [0.25, 0.3) is 0 Å². The van der Waals surface area contributed by atoms with Crippen molar-refractivity contribution in [1.29, 1.82) is 0 Å². The Morgan fingerprint density at radius 1 is 1.57 bits per heavy atom. The van der Waals surface area contributed by atoms with Crippen LogP contribution in [0.2, 0.25) is 0 Å². The molecular formula is C10H13BrClNO. The molecule has 1 aromatic rings. The molecule has 0 aliphatic rings. The van der Waals surface area contributed by atoms with Gasteiger partial charge < -0.3 is 10.5 Å². The highest BCUT2D eigenvalue weighted by molar-refractivity contribution is 9.10. The average molecular weight is 279 g/mol. The molecule has 1 aromatic carbocycles. The summed E-state index contributed by atoms with van der Waals surface area (Å²) in [4.78, 5) is 0. The zero-order valence-corrected chi connectivity index (χ0v) is 10.3. The molecule has 1 atom stereocenters. The second kappa shape index (κ2) is 6.06. The van der Waals surface area contributed by atoms with Gasteiger partial charge >= 0.3 is 0 Å². The molecule has 0 unspecified atom stereocenters. The number of benzene rings is 1. The third-order valence-electron chi connectivity index (χ3n) is 1.81. The summed E-state index contributed by atoms with van der Waals surface area (Å²) in [5, 5.41) is 0. The maximum absolute atomic E-state index is 5.81. The predicted octanol–water partition coefficient (Wildman–Crippen LogP) is 3.07. The van der Waals surface area contributed by atoms with E-state index in [1.54, 1.807) is 13.2 Å². The van der Waals surface area contributed by atoms with E-state index in [0.717, 1.165) is 15.8 Å². The van der Waals surface area contributed by atoms with Gasteiger partial charge in [0.15, 0.2) is 0 Å². The number of methoxy groups -OCH3 is 1. The summed E-state index contributed by atoms with van der Waals surface area (Å²) in [6.45, 7) is 3.64. The van der Waals surface area contributed by atoms with Gasteiger partial charge in [0, 0.05) is 10.0 Å². The van der Waals surface area contributed by atoms with Crippen LogP contribution in [-0.2, 0) is 0 Å². The Morgan fingerprint density at radius 3 is 2.71 bits per heavy atom. The Morgan fingerprint density at radius 2 is 2.21 bits per heavy atom. The van der Waals surface area contributed by atoms with Crippen LogP contribution in [0.25, 0.3) is 0 Å². The van der Waals surface area contributed by atoms with Gasteiger partial charge in [-0.15, -0.1) is 19.0 Å². The average Bonchev–Trinajstić information content (AvgIpc) is 2.16. The van der Waals surface area contributed by atoms with Crippen LogP contribution < -0.4 is 10.5 Å². The van der Waals surface area contributed by atoms with E-state index in [1.807, 2.05) is 18.2 Å². The lowest BCUT2D eigenvalue weighted by molar-refractivity contribution is 0.408. The Labute approximate surface area is 98.7 Å². The van der Waals surface area contributed by atoms with Crippen LogP contribution in [0, 0.1) is 0 Å². The van der Waals surface area contributed by atoms with E-state index in [9.17, 15) is 0 Å². The van der Waals surface area contributed by atoms with Crippen LogP contribution in [0.3, 0.4) is 0 Å². The molecule has 0 aliphatic heterocycles. The molecule has 0 bridgehead atoms. The van der Waals surface area contributed by atoms with Crippen molar-refractivity contribution < 1.29 is 4.74 Å². The third-order valence-corrected chi connectivity index (χ3v) is 2.30. The van der Waals surface area contributed by atoms with Gasteiger partial charge in [-0.3, -0.25) is 0 Å². The smallest absolute Gasteiger partial charge is 0.125 e. The summed E-state index contributed by atoms with van der Waals surface area (Å²) in [7, 11) is 1.63. The molecule has 1 rings (SSSR count). The Hall–Kier alpha value is -0.510. The zero-order chi connectivity index (χ0) is 9.84. The first-order chi connectivity index (χ1) is 6.19. The van der Waals surface area contributed by atoms with Gasteiger partial charge in [0.1, 0.15) is 5.75 Å². The lowest BCUT2D eigenvalue weighted by Crippen LogP contribution is -2.08. The molecule has 0 aromatic heterocycles. The molecule has 0 aliphatic carbocycles. The minimum absolute atomic E-state index is 0. The number of hydrogen-bond donors (Lipinski definition) is 1. The highest BCUT2D eigenvalue weighted by Gasteiger charge is 2.08. The highest BCUT2D eigenvalue weighted by Crippen LogP contribution is 2.27. The van der Waals surface area contributed by atoms with Crippen LogP contribution in [-0.4, -0.2) is 7.11 Å². The van der Waals surface area contributed by atoms with Crippen molar-refractivity contribution in [2.75, 3.05) is 7.11 Å². The van der Waals surface area contributed by atoms with Crippen molar-refractivity contribution in [1.82, 2.24) is 0 Å². The van der Waals surface area contributed by atoms with E-state index in [2.05, 4.69) is 22.5 Å². The van der Waals surface area contributed by atoms with E-state index in [0.29, 0.717) is 0 Å². The molecular weight excluding hydrogens is 265 g/mol. The summed E-state index contributed by atoms with van der Waals surface area (Å²) >= 11 is 3.36. The summed E-state index contributed by atoms with van der Waals surface area (Å²) in [6, 6.07) is 5.57. The van der Waals surface area contributed by atoms with Crippen molar-refractivity contribution >= 4 is 28.3 Å². The number of nitrogens with two attached hydrogens (primary N) is 1. The SMILES string of the molecule is C=C[C@@H](N)c1ccc(Br)cc1OC.Cl. The number of halogens is 2. The van der Waals surface area contributed by atoms with E-state index >= 15 is 0 Å². The van der Waals surface area contributed by atoms with E-state index in [4.69, 9.17) is 10.5 Å². The molecule has 2 nitrogen and oxygen atoms in total. The molecule has 0 spiro atoms. The topological polar surface area (TPSA) is 35.2 Å². The molecule has 0 saturated carbocycles. The monoisotopic (exact) mass is 277 g/mol. The van der Waals surface area contributed by atoms with Crippen molar-refractivity contribution in [2.45, 2.75) is 6.04 Å². The summed E-state index contributed by atoms with van der Waals surface area (Å²) < 4.78 is 6.17. The van der Waals surface area contributed by atoms with Gasteiger partial charge in [0.05, 0.1) is 13.2 Å². The van der Waals surface area contributed by atoms with Gasteiger partial charge in [-0.1, -0.05) is 28.1 Å². The third kappa shape index (κ3) is 3.01. The Balaban J connectivity index is 0.00000169. The molecule has 0 radical (unpaired) electrons. The lowest BCUT2D eigenvalue weighted by atomic mass is 10.1. The fraction of sp³-hybridized carbons (Fsp3) is 0.200. The van der Waals surface area contributed by atoms with Crippen molar-refractivity contribution in [2.24, 2.45) is 5.73 Å². The van der Waals surface area contributed by atoms with Crippen LogP contribution in [0.4, 0.5) is 0 Å². The molecule has 0 heterocycles. The van der Waals surface area contributed by atoms with Crippen molar-refractivity contribution in [3.05, 3.63) is 40.9 Å². The predicted molar refractivity (Wildman–Crippen MR) is 65.1 cm³/mol. The Kier molecular flexibility index (Phi) is 5.84. The number of rotatable bonds is 3. The fourth-order valence-electron chi connectivity index (χ4n) is 1.09. The van der Waals surface area contributed by atoms with Gasteiger partial charge in [-0.2, -0.15) is 0 Å². The first-order valence-corrected chi connectivity index (χ1v) is 4.70. The zero-order valence-electron chi connectivity index (χ0n) is 7.87. The van der Waals surface area contributed by atoms with Gasteiger partial charge in [0.2, 0.25) is 0 Å². The molecule has 0 saturated heterocycles. The second-order valence-corrected chi connectivity index (χ2v) is 3.56. The maximum Gasteiger partial charge on any atom is 0.125 e. The molecule has 4 heteroatoms. The van der Waals surface area contributed by atoms with Crippen molar-refractivity contribution in [3.8, 4) is 5.75 Å². The second-order valence-electron chi connectivity index (χ2n) is 2.65. The first kappa shape index (κ1) is 13.5. The number of ether oxygens (including phenoxy) is 1. The van der Waals surface area contributed by atoms with Crippen LogP contribution >= 0.6 is 28.3 Å². The van der Waals surface area contributed by atoms with Crippen molar-refractivity contribution in [3.63, 3.8) is 0 Å². The Bertz CT molecular complexity index is 317. The molecule has 0 fully saturated rings. The van der Waals surface area contributed by atoms with E-state index < -0.39 is 0 Å². The summed E-state index contributed by atoms with van der Waals surface area (Å²) in [5.74, 6) is 0.779. The maximum atomic E-state index is 5.81. The summed E-state index contributed by atoms with van der Waals surface area (Å²) in [5.41, 5.74) is 6.75. The van der Waals surface area contributed by atoms with Crippen LogP contribution in [0.5, 0.6) is 5.75 Å². The summed E-state index contributed by atoms with van der Waals surface area (Å²) in [6.07, 6.45) is 1.69. The molecule has 14 heavy (non-hydrogen) atoms. The normalized spacial score (nSPS) is 11.4. The standard InChI is InChI=1S/C10H12BrNO.ClH/c1-3-9(12)8-5-4-7(11)6-10(8)13-2;/h3-6,9H,1,12H2,2H3;1H/t9-;/m1./s1.